The van der Waals surface area contributed by atoms with E-state index in [1.165, 1.54) is 16.4 Å². The van der Waals surface area contributed by atoms with Gasteiger partial charge in [-0.25, -0.2) is 12.7 Å². The van der Waals surface area contributed by atoms with Crippen LogP contribution in [0.1, 0.15) is 56.8 Å². The summed E-state index contributed by atoms with van der Waals surface area (Å²) >= 11 is 12.0. The second kappa shape index (κ2) is 11.5. The van der Waals surface area contributed by atoms with Gasteiger partial charge in [-0.1, -0.05) is 44.0 Å². The Labute approximate surface area is 194 Å². The molecule has 0 radical (unpaired) electrons. The Hall–Kier alpha value is -1.35. The van der Waals surface area contributed by atoms with Gasteiger partial charge < -0.3 is 10.6 Å². The summed E-state index contributed by atoms with van der Waals surface area (Å²) in [6.45, 7) is 6.55. The van der Waals surface area contributed by atoms with Crippen LogP contribution in [0.15, 0.2) is 18.2 Å². The number of halogens is 2. The number of sulfonamides is 1. The molecule has 1 saturated heterocycles. The second-order valence-corrected chi connectivity index (χ2v) is 11.2. The van der Waals surface area contributed by atoms with Crippen LogP contribution in [0.2, 0.25) is 10.0 Å². The summed E-state index contributed by atoms with van der Waals surface area (Å²) in [7, 11) is -3.23. The van der Waals surface area contributed by atoms with Crippen LogP contribution in [0.4, 0.5) is 0 Å². The number of hydrogen-bond donors (Lipinski definition) is 2. The van der Waals surface area contributed by atoms with E-state index in [0.29, 0.717) is 43.8 Å². The van der Waals surface area contributed by atoms with Crippen LogP contribution in [0.5, 0.6) is 0 Å². The molecule has 0 spiro atoms. The van der Waals surface area contributed by atoms with E-state index in [4.69, 9.17) is 23.2 Å². The zero-order valence-electron chi connectivity index (χ0n) is 18.2. The van der Waals surface area contributed by atoms with Crippen LogP contribution in [-0.4, -0.2) is 55.5 Å². The van der Waals surface area contributed by atoms with E-state index in [-0.39, 0.29) is 34.2 Å². The first-order valence-electron chi connectivity index (χ1n) is 10.6. The molecule has 2 N–H and O–H groups in total. The highest BCUT2D eigenvalue weighted by molar-refractivity contribution is 7.89. The highest BCUT2D eigenvalue weighted by Crippen LogP contribution is 2.21. The molecule has 0 aromatic heterocycles. The molecule has 174 valence electrons. The fourth-order valence-electron chi connectivity index (χ4n) is 3.58. The molecule has 1 aromatic carbocycles. The fourth-order valence-corrected chi connectivity index (χ4v) is 5.62. The van der Waals surface area contributed by atoms with Crippen molar-refractivity contribution in [3.05, 3.63) is 33.8 Å². The molecule has 1 aliphatic rings. The van der Waals surface area contributed by atoms with Crippen LogP contribution in [0.3, 0.4) is 0 Å². The van der Waals surface area contributed by atoms with E-state index in [1.54, 1.807) is 6.07 Å². The molecule has 1 aromatic rings. The maximum Gasteiger partial charge on any atom is 0.253 e. The van der Waals surface area contributed by atoms with Crippen LogP contribution in [0, 0.1) is 5.92 Å². The van der Waals surface area contributed by atoms with Gasteiger partial charge >= 0.3 is 0 Å². The molecule has 31 heavy (non-hydrogen) atoms. The summed E-state index contributed by atoms with van der Waals surface area (Å²) in [6, 6.07) is 3.72. The maximum absolute atomic E-state index is 12.9. The third kappa shape index (κ3) is 7.63. The quantitative estimate of drug-likeness (QED) is 0.552. The molecule has 7 nitrogen and oxygen atoms in total. The Bertz CT molecular complexity index is 885. The van der Waals surface area contributed by atoms with Gasteiger partial charge in [-0.05, 0) is 49.8 Å². The molecule has 1 unspecified atom stereocenters. The van der Waals surface area contributed by atoms with Gasteiger partial charge in [-0.3, -0.25) is 9.59 Å². The lowest BCUT2D eigenvalue weighted by atomic mass is 10.0. The average Bonchev–Trinajstić information content (AvgIpc) is 2.67. The fraction of sp³-hybridized carbons (Fsp3) is 0.619. The van der Waals surface area contributed by atoms with E-state index in [9.17, 15) is 18.0 Å². The zero-order chi connectivity index (χ0) is 23.2. The molecule has 2 rings (SSSR count). The average molecular weight is 492 g/mol. The van der Waals surface area contributed by atoms with Crippen molar-refractivity contribution in [3.8, 4) is 0 Å². The van der Waals surface area contributed by atoms with Crippen LogP contribution >= 0.6 is 23.2 Å². The number of nitrogens with one attached hydrogen (secondary N) is 2. The lowest BCUT2D eigenvalue weighted by molar-refractivity contribution is -0.124. The van der Waals surface area contributed by atoms with Crippen molar-refractivity contribution >= 4 is 45.0 Å². The SMILES string of the molecule is CCCS(=O)(=O)N1CCC(NC(=O)C(CC(C)C)NC(=O)c2ccc(Cl)cc2Cl)CC1. The minimum absolute atomic E-state index is 0.133. The van der Waals surface area contributed by atoms with Crippen molar-refractivity contribution in [2.45, 2.75) is 58.5 Å². The van der Waals surface area contributed by atoms with Gasteiger partial charge in [0.05, 0.1) is 16.3 Å². The highest BCUT2D eigenvalue weighted by Gasteiger charge is 2.30. The predicted molar refractivity (Wildman–Crippen MR) is 124 cm³/mol. The zero-order valence-corrected chi connectivity index (χ0v) is 20.5. The first-order chi connectivity index (χ1) is 14.5. The smallest absolute Gasteiger partial charge is 0.253 e. The van der Waals surface area contributed by atoms with Gasteiger partial charge in [0.2, 0.25) is 15.9 Å². The number of piperidine rings is 1. The van der Waals surface area contributed by atoms with Crippen molar-refractivity contribution in [2.75, 3.05) is 18.8 Å². The number of rotatable bonds is 9. The molecular formula is C21H31Cl2N3O4S. The summed E-state index contributed by atoms with van der Waals surface area (Å²) in [6.07, 6.45) is 2.12. The number of nitrogens with zero attached hydrogens (tertiary/aromatic N) is 1. The van der Waals surface area contributed by atoms with E-state index >= 15 is 0 Å². The molecule has 0 aliphatic carbocycles. The van der Waals surface area contributed by atoms with E-state index in [0.717, 1.165) is 0 Å². The second-order valence-electron chi connectivity index (χ2n) is 8.28. The summed E-state index contributed by atoms with van der Waals surface area (Å²) in [5.74, 6) is -0.400. The minimum Gasteiger partial charge on any atom is -0.351 e. The maximum atomic E-state index is 12.9. The summed E-state index contributed by atoms with van der Waals surface area (Å²) < 4.78 is 25.9. The first-order valence-corrected chi connectivity index (χ1v) is 12.9. The largest absolute Gasteiger partial charge is 0.351 e. The van der Waals surface area contributed by atoms with Crippen LogP contribution < -0.4 is 10.6 Å². The molecule has 0 bridgehead atoms. The Morgan fingerprint density at radius 1 is 1.19 bits per heavy atom. The molecule has 0 saturated carbocycles. The Kier molecular flexibility index (Phi) is 9.61. The van der Waals surface area contributed by atoms with E-state index in [1.807, 2.05) is 20.8 Å². The van der Waals surface area contributed by atoms with Gasteiger partial charge in [0.1, 0.15) is 6.04 Å². The van der Waals surface area contributed by atoms with Crippen LogP contribution in [0.25, 0.3) is 0 Å². The summed E-state index contributed by atoms with van der Waals surface area (Å²) in [4.78, 5) is 25.6. The monoisotopic (exact) mass is 491 g/mol. The summed E-state index contributed by atoms with van der Waals surface area (Å²) in [5, 5.41) is 6.40. The van der Waals surface area contributed by atoms with Crippen molar-refractivity contribution in [3.63, 3.8) is 0 Å². The standard InChI is InChI=1S/C21H31Cl2N3O4S/c1-4-11-31(29,30)26-9-7-16(8-10-26)24-21(28)19(12-14(2)3)25-20(27)17-6-5-15(22)13-18(17)23/h5-6,13-14,16,19H,4,7-12H2,1-3H3,(H,24,28)(H,25,27). The molecule has 1 aliphatic heterocycles. The van der Waals surface area contributed by atoms with Crippen molar-refractivity contribution in [1.29, 1.82) is 0 Å². The Morgan fingerprint density at radius 3 is 2.39 bits per heavy atom. The third-order valence-corrected chi connectivity index (χ3v) is 7.78. The topological polar surface area (TPSA) is 95.6 Å². The highest BCUT2D eigenvalue weighted by atomic mass is 35.5. The van der Waals surface area contributed by atoms with Crippen molar-refractivity contribution < 1.29 is 18.0 Å². The molecular weight excluding hydrogens is 461 g/mol. The first kappa shape index (κ1) is 25.9. The third-order valence-electron chi connectivity index (χ3n) is 5.16. The Balaban J connectivity index is 1.99. The minimum atomic E-state index is -3.23. The molecule has 2 amide bonds. The van der Waals surface area contributed by atoms with Gasteiger partial charge in [0, 0.05) is 24.2 Å². The number of amides is 2. The number of carbonyl (C=O) groups excluding carboxylic acids is 2. The number of benzene rings is 1. The van der Waals surface area contributed by atoms with Crippen LogP contribution in [-0.2, 0) is 14.8 Å². The van der Waals surface area contributed by atoms with Gasteiger partial charge in [0.15, 0.2) is 0 Å². The number of hydrogen-bond acceptors (Lipinski definition) is 4. The van der Waals surface area contributed by atoms with Gasteiger partial charge in [-0.15, -0.1) is 0 Å². The van der Waals surface area contributed by atoms with Crippen molar-refractivity contribution in [2.24, 2.45) is 5.92 Å². The Morgan fingerprint density at radius 2 is 1.84 bits per heavy atom. The van der Waals surface area contributed by atoms with E-state index < -0.39 is 22.0 Å². The van der Waals surface area contributed by atoms with Gasteiger partial charge in [0.25, 0.3) is 5.91 Å². The predicted octanol–water partition coefficient (Wildman–Crippen LogP) is 3.46. The lowest BCUT2D eigenvalue weighted by Gasteiger charge is -2.32. The molecule has 1 heterocycles. The molecule has 1 fully saturated rings. The normalized spacial score (nSPS) is 16.8. The van der Waals surface area contributed by atoms with E-state index in [2.05, 4.69) is 10.6 Å². The molecule has 10 heteroatoms. The summed E-state index contributed by atoms with van der Waals surface area (Å²) in [5.41, 5.74) is 0.252. The van der Waals surface area contributed by atoms with Crippen molar-refractivity contribution in [1.82, 2.24) is 14.9 Å². The number of carbonyl (C=O) groups is 2. The van der Waals surface area contributed by atoms with Gasteiger partial charge in [-0.2, -0.15) is 0 Å². The molecule has 1 atom stereocenters. The lowest BCUT2D eigenvalue weighted by Crippen LogP contribution is -2.53.